The summed E-state index contributed by atoms with van der Waals surface area (Å²) in [6.45, 7) is 1.98. The van der Waals surface area contributed by atoms with Gasteiger partial charge in [-0.15, -0.1) is 5.10 Å². The summed E-state index contributed by atoms with van der Waals surface area (Å²) >= 11 is 0. The number of ether oxygens (including phenoxy) is 2. The van der Waals surface area contributed by atoms with E-state index in [1.54, 1.807) is 34.3 Å². The first-order valence-electron chi connectivity index (χ1n) is 7.34. The Morgan fingerprint density at radius 3 is 2.96 bits per heavy atom. The minimum atomic E-state index is -0.186. The second-order valence-corrected chi connectivity index (χ2v) is 5.46. The number of rotatable bonds is 1. The number of fused-ring (bicyclic) bond motifs is 4. The van der Waals surface area contributed by atoms with Crippen molar-refractivity contribution in [2.75, 3.05) is 6.79 Å². The van der Waals surface area contributed by atoms with E-state index in [4.69, 9.17) is 9.47 Å². The van der Waals surface area contributed by atoms with Crippen LogP contribution < -0.4 is 15.0 Å². The van der Waals surface area contributed by atoms with Crippen LogP contribution in [0.2, 0.25) is 0 Å². The van der Waals surface area contributed by atoms with E-state index in [-0.39, 0.29) is 12.4 Å². The molecular weight excluding hydrogens is 310 g/mol. The lowest BCUT2D eigenvalue weighted by Crippen LogP contribution is -2.18. The lowest BCUT2D eigenvalue weighted by molar-refractivity contribution is 0.174. The van der Waals surface area contributed by atoms with Crippen molar-refractivity contribution >= 4 is 16.7 Å². The highest BCUT2D eigenvalue weighted by Gasteiger charge is 2.15. The number of hydrogen-bond donors (Lipinski definition) is 0. The van der Waals surface area contributed by atoms with Crippen molar-refractivity contribution in [3.8, 4) is 17.2 Å². The smallest absolute Gasteiger partial charge is 0.266 e. The topological polar surface area (TPSA) is 83.5 Å². The van der Waals surface area contributed by atoms with E-state index in [2.05, 4.69) is 15.1 Å². The van der Waals surface area contributed by atoms with Gasteiger partial charge < -0.3 is 9.47 Å². The Kier molecular flexibility index (Phi) is 2.47. The summed E-state index contributed by atoms with van der Waals surface area (Å²) in [6.07, 6.45) is 3.24. The predicted octanol–water partition coefficient (Wildman–Crippen LogP) is 1.47. The summed E-state index contributed by atoms with van der Waals surface area (Å²) in [6, 6.07) is 7.20. The van der Waals surface area contributed by atoms with E-state index >= 15 is 0 Å². The molecule has 1 aliphatic heterocycles. The van der Waals surface area contributed by atoms with Gasteiger partial charge >= 0.3 is 0 Å². The van der Waals surface area contributed by atoms with Gasteiger partial charge in [0, 0.05) is 18.5 Å². The van der Waals surface area contributed by atoms with Crippen LogP contribution in [0.4, 0.5) is 0 Å². The molecule has 0 unspecified atom stereocenters. The summed E-state index contributed by atoms with van der Waals surface area (Å²) in [5, 5.41) is 4.76. The quantitative estimate of drug-likeness (QED) is 0.528. The number of hydrogen-bond acceptors (Lipinski definition) is 6. The number of pyridine rings is 1. The van der Waals surface area contributed by atoms with E-state index in [0.29, 0.717) is 39.7 Å². The number of aromatic nitrogens is 5. The molecule has 3 aromatic heterocycles. The highest BCUT2D eigenvalue weighted by Crippen LogP contribution is 2.33. The van der Waals surface area contributed by atoms with Crippen molar-refractivity contribution in [1.29, 1.82) is 0 Å². The third kappa shape index (κ3) is 1.73. The molecule has 0 saturated carbocycles. The molecular formula is C16H11N5O3. The van der Waals surface area contributed by atoms with Crippen LogP contribution in [0, 0.1) is 6.92 Å². The Bertz CT molecular complexity index is 1180. The molecule has 0 aliphatic carbocycles. The van der Waals surface area contributed by atoms with Crippen LogP contribution in [0.5, 0.6) is 11.5 Å². The first-order chi connectivity index (χ1) is 11.7. The van der Waals surface area contributed by atoms with Crippen LogP contribution in [-0.2, 0) is 0 Å². The number of benzene rings is 1. The molecule has 0 N–H and O–H groups in total. The van der Waals surface area contributed by atoms with Gasteiger partial charge in [-0.05, 0) is 25.1 Å². The summed E-state index contributed by atoms with van der Waals surface area (Å²) in [5.74, 6) is 2.38. The average Bonchev–Trinajstić information content (AvgIpc) is 3.19. The van der Waals surface area contributed by atoms with E-state index in [9.17, 15) is 4.79 Å². The summed E-state index contributed by atoms with van der Waals surface area (Å²) in [5.41, 5.74) is 1.18. The molecule has 0 saturated heterocycles. The van der Waals surface area contributed by atoms with Crippen LogP contribution in [-0.4, -0.2) is 30.9 Å². The van der Waals surface area contributed by atoms with Crippen molar-refractivity contribution < 1.29 is 9.47 Å². The Balaban J connectivity index is 1.77. The van der Waals surface area contributed by atoms with Crippen LogP contribution >= 0.6 is 0 Å². The molecule has 0 fully saturated rings. The van der Waals surface area contributed by atoms with Gasteiger partial charge in [-0.1, -0.05) is 0 Å². The summed E-state index contributed by atoms with van der Waals surface area (Å²) in [7, 11) is 0. The van der Waals surface area contributed by atoms with E-state index in [1.807, 2.05) is 12.1 Å². The Hall–Kier alpha value is -3.42. The summed E-state index contributed by atoms with van der Waals surface area (Å²) in [4.78, 5) is 21.3. The normalized spacial score (nSPS) is 13.0. The number of aryl methyl sites for hydroxylation is 1. The fraction of sp³-hybridized carbons (Fsp3) is 0.125. The van der Waals surface area contributed by atoms with Crippen molar-refractivity contribution in [1.82, 2.24) is 24.1 Å². The highest BCUT2D eigenvalue weighted by molar-refractivity contribution is 5.79. The average molecular weight is 321 g/mol. The number of nitrogens with zero attached hydrogens (tertiary/aromatic N) is 5. The van der Waals surface area contributed by atoms with Crippen LogP contribution in [0.3, 0.4) is 0 Å². The van der Waals surface area contributed by atoms with Gasteiger partial charge in [-0.2, -0.15) is 9.50 Å². The monoisotopic (exact) mass is 321 g/mol. The molecule has 5 rings (SSSR count). The Labute approximate surface area is 134 Å². The molecule has 4 aromatic rings. The SMILES string of the molecule is Cc1nc2ncc3c(=O)n(-c4ccc5c(c4)OCO5)ccc3n2n1. The molecule has 1 aromatic carbocycles. The van der Waals surface area contributed by atoms with Crippen LogP contribution in [0.25, 0.3) is 22.4 Å². The van der Waals surface area contributed by atoms with E-state index in [1.165, 1.54) is 6.20 Å². The Morgan fingerprint density at radius 1 is 1.17 bits per heavy atom. The third-order valence-electron chi connectivity index (χ3n) is 3.97. The minimum absolute atomic E-state index is 0.186. The van der Waals surface area contributed by atoms with Crippen molar-refractivity contribution in [3.63, 3.8) is 0 Å². The van der Waals surface area contributed by atoms with Crippen LogP contribution in [0.1, 0.15) is 5.82 Å². The standard InChI is InChI=1S/C16H11N5O3/c1-9-18-16-17-7-11-12(21(16)19-9)4-5-20(15(11)22)10-2-3-13-14(6-10)24-8-23-13/h2-7H,8H2,1H3. The van der Waals surface area contributed by atoms with E-state index in [0.717, 1.165) is 0 Å². The lowest BCUT2D eigenvalue weighted by atomic mass is 10.2. The molecule has 1 aliphatic rings. The third-order valence-corrected chi connectivity index (χ3v) is 3.97. The highest BCUT2D eigenvalue weighted by atomic mass is 16.7. The molecule has 0 radical (unpaired) electrons. The molecule has 8 heteroatoms. The maximum atomic E-state index is 12.9. The van der Waals surface area contributed by atoms with Crippen molar-refractivity contribution in [2.45, 2.75) is 6.92 Å². The van der Waals surface area contributed by atoms with Crippen molar-refractivity contribution in [2.24, 2.45) is 0 Å². The van der Waals surface area contributed by atoms with Gasteiger partial charge in [0.05, 0.1) is 16.6 Å². The fourth-order valence-electron chi connectivity index (χ4n) is 2.86. The van der Waals surface area contributed by atoms with Gasteiger partial charge in [0.2, 0.25) is 6.79 Å². The second kappa shape index (κ2) is 4.54. The molecule has 0 spiro atoms. The molecule has 8 nitrogen and oxygen atoms in total. The maximum absolute atomic E-state index is 12.9. The van der Waals surface area contributed by atoms with Crippen LogP contribution in [0.15, 0.2) is 41.5 Å². The lowest BCUT2D eigenvalue weighted by Gasteiger charge is -2.08. The van der Waals surface area contributed by atoms with Gasteiger partial charge in [0.15, 0.2) is 11.5 Å². The second-order valence-electron chi connectivity index (χ2n) is 5.46. The zero-order valence-electron chi connectivity index (χ0n) is 12.6. The van der Waals surface area contributed by atoms with Gasteiger partial charge in [-0.3, -0.25) is 9.36 Å². The Morgan fingerprint density at radius 2 is 2.04 bits per heavy atom. The summed E-state index contributed by atoms with van der Waals surface area (Å²) < 4.78 is 13.8. The zero-order valence-corrected chi connectivity index (χ0v) is 12.6. The first-order valence-corrected chi connectivity index (χ1v) is 7.34. The van der Waals surface area contributed by atoms with Gasteiger partial charge in [0.25, 0.3) is 11.3 Å². The van der Waals surface area contributed by atoms with Gasteiger partial charge in [0.1, 0.15) is 5.82 Å². The molecule has 0 atom stereocenters. The van der Waals surface area contributed by atoms with Crippen molar-refractivity contribution in [3.05, 3.63) is 52.8 Å². The molecule has 0 bridgehead atoms. The minimum Gasteiger partial charge on any atom is -0.454 e. The molecule has 24 heavy (non-hydrogen) atoms. The van der Waals surface area contributed by atoms with Gasteiger partial charge in [-0.25, -0.2) is 4.98 Å². The maximum Gasteiger partial charge on any atom is 0.266 e. The molecule has 118 valence electrons. The van der Waals surface area contributed by atoms with E-state index < -0.39 is 0 Å². The molecule has 4 heterocycles. The largest absolute Gasteiger partial charge is 0.454 e. The first kappa shape index (κ1) is 13.1. The molecule has 0 amide bonds. The fourth-order valence-corrected chi connectivity index (χ4v) is 2.86. The predicted molar refractivity (Wildman–Crippen MR) is 84.7 cm³/mol. The zero-order chi connectivity index (χ0) is 16.3.